The van der Waals surface area contributed by atoms with Crippen molar-refractivity contribution in [2.45, 2.75) is 26.7 Å². The Bertz CT molecular complexity index is 226. The van der Waals surface area contributed by atoms with Crippen LogP contribution in [0.4, 0.5) is 0 Å². The summed E-state index contributed by atoms with van der Waals surface area (Å²) < 4.78 is 0. The van der Waals surface area contributed by atoms with Crippen molar-refractivity contribution in [2.75, 3.05) is 0 Å². The van der Waals surface area contributed by atoms with E-state index in [0.29, 0.717) is 12.3 Å². The van der Waals surface area contributed by atoms with E-state index in [9.17, 15) is 5.11 Å². The van der Waals surface area contributed by atoms with Gasteiger partial charge < -0.3 is 5.11 Å². The first-order valence-electron chi connectivity index (χ1n) is 4.46. The molecule has 0 aromatic carbocycles. The Morgan fingerprint density at radius 2 is 2.23 bits per heavy atom. The third kappa shape index (κ3) is 5.02. The van der Waals surface area contributed by atoms with Crippen LogP contribution < -0.4 is 0 Å². The van der Waals surface area contributed by atoms with Crippen LogP contribution in [0.3, 0.4) is 0 Å². The average molecular weight is 181 g/mol. The molecular formula is C10H17N2O+. The van der Waals surface area contributed by atoms with E-state index in [1.807, 2.05) is 0 Å². The van der Waals surface area contributed by atoms with Crippen molar-refractivity contribution in [1.29, 1.82) is 5.39 Å². The number of rotatable bonds is 5. The summed E-state index contributed by atoms with van der Waals surface area (Å²) in [4.78, 5) is 2.80. The monoisotopic (exact) mass is 181 g/mol. The number of hydrogen-bond donors (Lipinski definition) is 1. The van der Waals surface area contributed by atoms with E-state index >= 15 is 0 Å². The van der Waals surface area contributed by atoms with Crippen molar-refractivity contribution in [3.05, 3.63) is 29.6 Å². The largest absolute Gasteiger partial charge is 0.505 e. The average Bonchev–Trinajstić information content (AvgIpc) is 2.03. The molecule has 0 heterocycles. The van der Waals surface area contributed by atoms with Crippen molar-refractivity contribution in [2.24, 2.45) is 11.8 Å². The Hall–Kier alpha value is -1.30. The summed E-state index contributed by atoms with van der Waals surface area (Å²) in [5, 5.41) is 17.7. The van der Waals surface area contributed by atoms with Gasteiger partial charge in [0.05, 0.1) is 0 Å². The lowest BCUT2D eigenvalue weighted by atomic mass is 9.93. The van der Waals surface area contributed by atoms with Crippen molar-refractivity contribution >= 4 is 0 Å². The molecule has 0 fully saturated rings. The number of aliphatic hydroxyl groups excluding tert-OH is 1. The van der Waals surface area contributed by atoms with E-state index in [1.54, 1.807) is 6.08 Å². The van der Waals surface area contributed by atoms with Crippen LogP contribution in [0, 0.1) is 17.2 Å². The van der Waals surface area contributed by atoms with E-state index in [0.717, 1.165) is 12.6 Å². The van der Waals surface area contributed by atoms with E-state index in [-0.39, 0.29) is 11.7 Å². The standard InChI is InChI=1S/C10H16N2O/c1-4-5-9(6-8(2)3)10(13)7-12-11/h4,7-9H,1,5-6H2,2-3H3/p+1/b10-7+. The molecule has 0 aliphatic heterocycles. The molecule has 0 bridgehead atoms. The van der Waals surface area contributed by atoms with Crippen LogP contribution in [0.5, 0.6) is 0 Å². The zero-order valence-electron chi connectivity index (χ0n) is 8.27. The molecule has 72 valence electrons. The zero-order chi connectivity index (χ0) is 10.3. The minimum atomic E-state index is 0.0217. The first-order valence-corrected chi connectivity index (χ1v) is 4.46. The van der Waals surface area contributed by atoms with Crippen molar-refractivity contribution in [1.82, 2.24) is 0 Å². The van der Waals surface area contributed by atoms with Crippen LogP contribution in [0.25, 0.3) is 4.98 Å². The third-order valence-electron chi connectivity index (χ3n) is 1.82. The van der Waals surface area contributed by atoms with Crippen molar-refractivity contribution in [3.63, 3.8) is 0 Å². The Morgan fingerprint density at radius 3 is 2.62 bits per heavy atom. The van der Waals surface area contributed by atoms with E-state index < -0.39 is 0 Å². The molecule has 0 radical (unpaired) electrons. The molecule has 1 N–H and O–H groups in total. The molecule has 1 unspecified atom stereocenters. The Balaban J connectivity index is 4.33. The Morgan fingerprint density at radius 1 is 1.62 bits per heavy atom. The molecule has 0 aliphatic rings. The fraction of sp³-hybridized carbons (Fsp3) is 0.600. The lowest BCUT2D eigenvalue weighted by Crippen LogP contribution is -2.06. The van der Waals surface area contributed by atoms with Crippen LogP contribution in [0.1, 0.15) is 26.7 Å². The van der Waals surface area contributed by atoms with Crippen LogP contribution in [-0.4, -0.2) is 5.11 Å². The highest BCUT2D eigenvalue weighted by Crippen LogP contribution is 2.22. The lowest BCUT2D eigenvalue weighted by Gasteiger charge is -2.13. The normalized spacial score (nSPS) is 13.8. The SMILES string of the molecule is C=CCC(CC(C)C)/C(O)=C\[N+]#N. The number of allylic oxidation sites excluding steroid dienone is 2. The topological polar surface area (TPSA) is 48.4 Å². The third-order valence-corrected chi connectivity index (χ3v) is 1.82. The first-order chi connectivity index (χ1) is 6.11. The predicted molar refractivity (Wildman–Crippen MR) is 53.6 cm³/mol. The smallest absolute Gasteiger partial charge is 0.387 e. The highest BCUT2D eigenvalue weighted by atomic mass is 16.3. The number of aliphatic hydroxyl groups is 1. The van der Waals surface area contributed by atoms with Gasteiger partial charge in [0.2, 0.25) is 5.39 Å². The molecule has 3 heteroatoms. The maximum Gasteiger partial charge on any atom is 0.387 e. The molecule has 0 aromatic heterocycles. The van der Waals surface area contributed by atoms with Crippen molar-refractivity contribution < 1.29 is 5.11 Å². The van der Waals surface area contributed by atoms with Crippen LogP contribution in [0.2, 0.25) is 0 Å². The Kier molecular flexibility index (Phi) is 5.62. The van der Waals surface area contributed by atoms with E-state index in [4.69, 9.17) is 5.39 Å². The molecular weight excluding hydrogens is 164 g/mol. The molecule has 0 amide bonds. The van der Waals surface area contributed by atoms with Gasteiger partial charge in [-0.25, -0.2) is 0 Å². The van der Waals surface area contributed by atoms with Crippen LogP contribution in [0.15, 0.2) is 24.6 Å². The minimum Gasteiger partial charge on any atom is -0.505 e. The summed E-state index contributed by atoms with van der Waals surface area (Å²) in [5.74, 6) is 0.642. The molecule has 3 nitrogen and oxygen atoms in total. The molecule has 0 aliphatic carbocycles. The van der Waals surface area contributed by atoms with Gasteiger partial charge in [0, 0.05) is 5.92 Å². The summed E-state index contributed by atoms with van der Waals surface area (Å²) >= 11 is 0. The summed E-state index contributed by atoms with van der Waals surface area (Å²) in [6, 6.07) is 0. The lowest BCUT2D eigenvalue weighted by molar-refractivity contribution is 0.300. The number of nitrogens with zero attached hydrogens (tertiary/aromatic N) is 2. The number of diazo groups is 1. The molecule has 0 aromatic rings. The second-order valence-corrected chi connectivity index (χ2v) is 3.52. The van der Waals surface area contributed by atoms with E-state index in [2.05, 4.69) is 25.4 Å². The van der Waals surface area contributed by atoms with Gasteiger partial charge in [-0.05, 0) is 18.8 Å². The zero-order valence-corrected chi connectivity index (χ0v) is 8.27. The maximum atomic E-state index is 9.45. The van der Waals surface area contributed by atoms with Gasteiger partial charge in [-0.15, -0.1) is 6.58 Å². The summed E-state index contributed by atoms with van der Waals surface area (Å²) in [6.45, 7) is 7.78. The summed E-state index contributed by atoms with van der Waals surface area (Å²) in [7, 11) is 0. The number of hydrogen-bond acceptors (Lipinski definition) is 2. The highest BCUT2D eigenvalue weighted by molar-refractivity contribution is 5.02. The summed E-state index contributed by atoms with van der Waals surface area (Å²) in [5.41, 5.74) is 0. The quantitative estimate of drug-likeness (QED) is 0.401. The van der Waals surface area contributed by atoms with Gasteiger partial charge in [0.25, 0.3) is 0 Å². The maximum absolute atomic E-state index is 9.45. The molecule has 0 saturated heterocycles. The van der Waals surface area contributed by atoms with E-state index in [1.165, 1.54) is 0 Å². The molecule has 13 heavy (non-hydrogen) atoms. The highest BCUT2D eigenvalue weighted by Gasteiger charge is 2.16. The second-order valence-electron chi connectivity index (χ2n) is 3.52. The van der Waals surface area contributed by atoms with Gasteiger partial charge >= 0.3 is 6.20 Å². The summed E-state index contributed by atoms with van der Waals surface area (Å²) in [6.07, 6.45) is 4.41. The van der Waals surface area contributed by atoms with Gasteiger partial charge in [-0.2, -0.15) is 0 Å². The second kappa shape index (κ2) is 6.24. The van der Waals surface area contributed by atoms with Gasteiger partial charge in [-0.3, -0.25) is 0 Å². The molecule has 0 saturated carbocycles. The molecule has 0 rings (SSSR count). The van der Waals surface area contributed by atoms with Crippen LogP contribution >= 0.6 is 0 Å². The first kappa shape index (κ1) is 11.7. The van der Waals surface area contributed by atoms with Gasteiger partial charge in [-0.1, -0.05) is 19.9 Å². The predicted octanol–water partition coefficient (Wildman–Crippen LogP) is 3.48. The van der Waals surface area contributed by atoms with Gasteiger partial charge in [0.1, 0.15) is 0 Å². The van der Waals surface area contributed by atoms with Crippen molar-refractivity contribution in [3.8, 4) is 0 Å². The fourth-order valence-corrected chi connectivity index (χ4v) is 1.27. The van der Waals surface area contributed by atoms with Gasteiger partial charge in [0.15, 0.2) is 10.7 Å². The Labute approximate surface area is 79.4 Å². The fourth-order valence-electron chi connectivity index (χ4n) is 1.27. The minimum absolute atomic E-state index is 0.0217. The molecule has 0 spiro atoms. The van der Waals surface area contributed by atoms with Crippen LogP contribution in [-0.2, 0) is 0 Å². The molecule has 1 atom stereocenters.